The number of carboxylic acids is 1. The molecule has 0 unspecified atom stereocenters. The molecule has 0 heterocycles. The number of allylic oxidation sites excluding steroid dienone is 2. The van der Waals surface area contributed by atoms with Gasteiger partial charge in [0.25, 0.3) is 0 Å². The van der Waals surface area contributed by atoms with Crippen LogP contribution in [0.1, 0.15) is 12.8 Å². The molecule has 0 saturated heterocycles. The van der Waals surface area contributed by atoms with Gasteiger partial charge in [0.05, 0.1) is 11.8 Å². The Labute approximate surface area is 105 Å². The molecule has 4 heteroatoms. The second-order valence-electron chi connectivity index (χ2n) is 4.35. The van der Waals surface area contributed by atoms with Crippen LogP contribution in [-0.2, 0) is 9.59 Å². The van der Waals surface area contributed by atoms with E-state index in [1.807, 2.05) is 30.4 Å². The SMILES string of the molecule is O=C(O)[C@H]1CC=CC[C@@H]1C(=O)Nc1ccccc1. The van der Waals surface area contributed by atoms with Crippen LogP contribution >= 0.6 is 0 Å². The number of nitrogens with one attached hydrogen (secondary N) is 1. The van der Waals surface area contributed by atoms with E-state index in [0.29, 0.717) is 18.5 Å². The van der Waals surface area contributed by atoms with Gasteiger partial charge < -0.3 is 10.4 Å². The molecule has 1 aliphatic carbocycles. The molecule has 2 rings (SSSR count). The van der Waals surface area contributed by atoms with Crippen molar-refractivity contribution in [2.75, 3.05) is 5.32 Å². The molecule has 1 aromatic carbocycles. The number of para-hydroxylation sites is 1. The van der Waals surface area contributed by atoms with Gasteiger partial charge in [0.15, 0.2) is 0 Å². The molecule has 0 spiro atoms. The third-order valence-corrected chi connectivity index (χ3v) is 3.13. The van der Waals surface area contributed by atoms with Crippen molar-refractivity contribution in [2.45, 2.75) is 12.8 Å². The van der Waals surface area contributed by atoms with Crippen LogP contribution in [0.25, 0.3) is 0 Å². The third kappa shape index (κ3) is 2.77. The van der Waals surface area contributed by atoms with Crippen molar-refractivity contribution in [2.24, 2.45) is 11.8 Å². The van der Waals surface area contributed by atoms with Gasteiger partial charge in [-0.1, -0.05) is 30.4 Å². The van der Waals surface area contributed by atoms with Crippen molar-refractivity contribution < 1.29 is 14.7 Å². The molecule has 1 amide bonds. The van der Waals surface area contributed by atoms with E-state index in [1.54, 1.807) is 12.1 Å². The van der Waals surface area contributed by atoms with Gasteiger partial charge >= 0.3 is 5.97 Å². The van der Waals surface area contributed by atoms with Gasteiger partial charge in [0.1, 0.15) is 0 Å². The summed E-state index contributed by atoms with van der Waals surface area (Å²) in [7, 11) is 0. The summed E-state index contributed by atoms with van der Waals surface area (Å²) in [5.74, 6) is -2.25. The minimum absolute atomic E-state index is 0.224. The highest BCUT2D eigenvalue weighted by atomic mass is 16.4. The highest BCUT2D eigenvalue weighted by Crippen LogP contribution is 2.27. The van der Waals surface area contributed by atoms with Crippen molar-refractivity contribution in [3.05, 3.63) is 42.5 Å². The Morgan fingerprint density at radius 1 is 1.06 bits per heavy atom. The Bertz CT molecular complexity index is 467. The van der Waals surface area contributed by atoms with Gasteiger partial charge in [0, 0.05) is 5.69 Å². The third-order valence-electron chi connectivity index (χ3n) is 3.13. The lowest BCUT2D eigenvalue weighted by atomic mass is 9.82. The van der Waals surface area contributed by atoms with E-state index in [2.05, 4.69) is 5.32 Å². The fourth-order valence-corrected chi connectivity index (χ4v) is 2.13. The molecule has 94 valence electrons. The summed E-state index contributed by atoms with van der Waals surface area (Å²) < 4.78 is 0. The molecule has 18 heavy (non-hydrogen) atoms. The minimum Gasteiger partial charge on any atom is -0.481 e. The number of aliphatic carboxylic acids is 1. The maximum atomic E-state index is 12.1. The van der Waals surface area contributed by atoms with Crippen molar-refractivity contribution >= 4 is 17.6 Å². The van der Waals surface area contributed by atoms with Crippen LogP contribution in [0.4, 0.5) is 5.69 Å². The number of hydrogen-bond acceptors (Lipinski definition) is 2. The molecule has 2 atom stereocenters. The molecule has 0 saturated carbocycles. The van der Waals surface area contributed by atoms with Crippen LogP contribution in [0.5, 0.6) is 0 Å². The first-order chi connectivity index (χ1) is 8.68. The second kappa shape index (κ2) is 5.49. The number of carbonyl (C=O) groups is 2. The smallest absolute Gasteiger partial charge is 0.307 e. The lowest BCUT2D eigenvalue weighted by Crippen LogP contribution is -2.34. The second-order valence-corrected chi connectivity index (χ2v) is 4.35. The molecule has 0 aliphatic heterocycles. The standard InChI is InChI=1S/C14H15NO3/c16-13(15-10-6-2-1-3-7-10)11-8-4-5-9-12(11)14(17)18/h1-7,11-12H,8-9H2,(H,15,16)(H,17,18)/t11-,12-/m0/s1. The summed E-state index contributed by atoms with van der Waals surface area (Å²) in [6.45, 7) is 0. The summed E-state index contributed by atoms with van der Waals surface area (Å²) in [5.41, 5.74) is 0.696. The van der Waals surface area contributed by atoms with E-state index >= 15 is 0 Å². The summed E-state index contributed by atoms with van der Waals surface area (Å²) >= 11 is 0. The number of benzene rings is 1. The topological polar surface area (TPSA) is 66.4 Å². The molecule has 0 fully saturated rings. The van der Waals surface area contributed by atoms with Gasteiger partial charge in [-0.15, -0.1) is 0 Å². The van der Waals surface area contributed by atoms with Crippen LogP contribution in [0.3, 0.4) is 0 Å². The molecule has 4 nitrogen and oxygen atoms in total. The number of carboxylic acid groups (broad SMARTS) is 1. The highest BCUT2D eigenvalue weighted by Gasteiger charge is 2.33. The van der Waals surface area contributed by atoms with Gasteiger partial charge in [-0.3, -0.25) is 9.59 Å². The van der Waals surface area contributed by atoms with E-state index < -0.39 is 17.8 Å². The summed E-state index contributed by atoms with van der Waals surface area (Å²) in [5, 5.41) is 11.9. The van der Waals surface area contributed by atoms with Crippen LogP contribution in [-0.4, -0.2) is 17.0 Å². The van der Waals surface area contributed by atoms with Crippen LogP contribution in [0.2, 0.25) is 0 Å². The normalized spacial score (nSPS) is 22.4. The first-order valence-corrected chi connectivity index (χ1v) is 5.92. The first kappa shape index (κ1) is 12.4. The van der Waals surface area contributed by atoms with Crippen LogP contribution < -0.4 is 5.32 Å². The Morgan fingerprint density at radius 2 is 1.67 bits per heavy atom. The molecule has 2 N–H and O–H groups in total. The van der Waals surface area contributed by atoms with E-state index in [-0.39, 0.29) is 5.91 Å². The van der Waals surface area contributed by atoms with E-state index in [1.165, 1.54) is 0 Å². The van der Waals surface area contributed by atoms with Gasteiger partial charge in [-0.05, 0) is 25.0 Å². The fourth-order valence-electron chi connectivity index (χ4n) is 2.13. The predicted octanol–water partition coefficient (Wildman–Crippen LogP) is 2.29. The molecule has 1 aliphatic rings. The lowest BCUT2D eigenvalue weighted by molar-refractivity contribution is -0.146. The van der Waals surface area contributed by atoms with Gasteiger partial charge in [-0.2, -0.15) is 0 Å². The van der Waals surface area contributed by atoms with Gasteiger partial charge in [-0.25, -0.2) is 0 Å². The molecule has 0 bridgehead atoms. The van der Waals surface area contributed by atoms with Crippen LogP contribution in [0.15, 0.2) is 42.5 Å². The molecular weight excluding hydrogens is 230 g/mol. The van der Waals surface area contributed by atoms with Crippen molar-refractivity contribution in [3.8, 4) is 0 Å². The number of hydrogen-bond donors (Lipinski definition) is 2. The largest absolute Gasteiger partial charge is 0.481 e. The maximum absolute atomic E-state index is 12.1. The van der Waals surface area contributed by atoms with E-state index in [9.17, 15) is 9.59 Å². The number of rotatable bonds is 3. The molecule has 0 aromatic heterocycles. The molecular formula is C14H15NO3. The first-order valence-electron chi connectivity index (χ1n) is 5.92. The number of amides is 1. The average molecular weight is 245 g/mol. The monoisotopic (exact) mass is 245 g/mol. The van der Waals surface area contributed by atoms with Crippen LogP contribution in [0, 0.1) is 11.8 Å². The Morgan fingerprint density at radius 3 is 2.28 bits per heavy atom. The Balaban J connectivity index is 2.08. The zero-order valence-electron chi connectivity index (χ0n) is 9.87. The quantitative estimate of drug-likeness (QED) is 0.803. The van der Waals surface area contributed by atoms with E-state index in [4.69, 9.17) is 5.11 Å². The fraction of sp³-hybridized carbons (Fsp3) is 0.286. The lowest BCUT2D eigenvalue weighted by Gasteiger charge is -2.24. The predicted molar refractivity (Wildman–Crippen MR) is 68.1 cm³/mol. The zero-order chi connectivity index (χ0) is 13.0. The average Bonchev–Trinajstić information content (AvgIpc) is 2.40. The number of anilines is 1. The highest BCUT2D eigenvalue weighted by molar-refractivity contribution is 5.95. The van der Waals surface area contributed by atoms with Crippen molar-refractivity contribution in [3.63, 3.8) is 0 Å². The van der Waals surface area contributed by atoms with Crippen molar-refractivity contribution in [1.29, 1.82) is 0 Å². The molecule has 0 radical (unpaired) electrons. The number of carbonyl (C=O) groups excluding carboxylic acids is 1. The summed E-state index contributed by atoms with van der Waals surface area (Å²) in [6, 6.07) is 9.08. The van der Waals surface area contributed by atoms with E-state index in [0.717, 1.165) is 0 Å². The van der Waals surface area contributed by atoms with Gasteiger partial charge in [0.2, 0.25) is 5.91 Å². The minimum atomic E-state index is -0.910. The zero-order valence-corrected chi connectivity index (χ0v) is 9.87. The van der Waals surface area contributed by atoms with Crippen molar-refractivity contribution in [1.82, 2.24) is 0 Å². The Kier molecular flexibility index (Phi) is 3.77. The summed E-state index contributed by atoms with van der Waals surface area (Å²) in [6.07, 6.45) is 4.59. The maximum Gasteiger partial charge on any atom is 0.307 e. The molecule has 1 aromatic rings. The Hall–Kier alpha value is -2.10. The summed E-state index contributed by atoms with van der Waals surface area (Å²) in [4.78, 5) is 23.2.